The van der Waals surface area contributed by atoms with Gasteiger partial charge in [0, 0.05) is 18.2 Å². The van der Waals surface area contributed by atoms with Crippen molar-refractivity contribution in [3.8, 4) is 0 Å². The van der Waals surface area contributed by atoms with Gasteiger partial charge in [-0.05, 0) is 34.0 Å². The standard InChI is InChI=1S/C10H18N2O3/c1-8(6-7-12(2)3)11-9(13)4-5-10(14)15/h4-5,8H,6-7H2,1-3H3,(H,11,13)(H,14,15)/b5-4+. The highest BCUT2D eigenvalue weighted by atomic mass is 16.4. The van der Waals surface area contributed by atoms with Gasteiger partial charge in [-0.3, -0.25) is 4.79 Å². The van der Waals surface area contributed by atoms with E-state index in [9.17, 15) is 9.59 Å². The van der Waals surface area contributed by atoms with E-state index in [1.54, 1.807) is 0 Å². The molecule has 0 rings (SSSR count). The Hall–Kier alpha value is -1.36. The molecular weight excluding hydrogens is 196 g/mol. The van der Waals surface area contributed by atoms with Crippen LogP contribution >= 0.6 is 0 Å². The zero-order valence-electron chi connectivity index (χ0n) is 9.36. The summed E-state index contributed by atoms with van der Waals surface area (Å²) in [5.41, 5.74) is 0. The van der Waals surface area contributed by atoms with Crippen molar-refractivity contribution < 1.29 is 14.7 Å². The molecule has 5 nitrogen and oxygen atoms in total. The van der Waals surface area contributed by atoms with Gasteiger partial charge >= 0.3 is 5.97 Å². The monoisotopic (exact) mass is 214 g/mol. The average molecular weight is 214 g/mol. The Kier molecular flexibility index (Phi) is 6.37. The van der Waals surface area contributed by atoms with Gasteiger partial charge < -0.3 is 15.3 Å². The summed E-state index contributed by atoms with van der Waals surface area (Å²) in [5.74, 6) is -1.49. The van der Waals surface area contributed by atoms with Crippen LogP contribution in [-0.4, -0.2) is 48.6 Å². The van der Waals surface area contributed by atoms with Crippen LogP contribution in [0.3, 0.4) is 0 Å². The first-order valence-corrected chi connectivity index (χ1v) is 4.78. The first kappa shape index (κ1) is 13.6. The minimum atomic E-state index is -1.12. The van der Waals surface area contributed by atoms with Crippen LogP contribution < -0.4 is 5.32 Å². The highest BCUT2D eigenvalue weighted by molar-refractivity contribution is 5.93. The number of nitrogens with zero attached hydrogens (tertiary/aromatic N) is 1. The maximum Gasteiger partial charge on any atom is 0.328 e. The lowest BCUT2D eigenvalue weighted by atomic mass is 10.2. The molecule has 0 aliphatic carbocycles. The van der Waals surface area contributed by atoms with Crippen molar-refractivity contribution >= 4 is 11.9 Å². The van der Waals surface area contributed by atoms with Gasteiger partial charge in [0.2, 0.25) is 5.91 Å². The number of carboxylic acids is 1. The van der Waals surface area contributed by atoms with Crippen LogP contribution in [0.2, 0.25) is 0 Å². The molecule has 0 aromatic heterocycles. The lowest BCUT2D eigenvalue weighted by Crippen LogP contribution is -2.33. The molecule has 1 amide bonds. The van der Waals surface area contributed by atoms with Crippen molar-refractivity contribution in [1.82, 2.24) is 10.2 Å². The summed E-state index contributed by atoms with van der Waals surface area (Å²) >= 11 is 0. The van der Waals surface area contributed by atoms with Crippen molar-refractivity contribution in [2.45, 2.75) is 19.4 Å². The summed E-state index contributed by atoms with van der Waals surface area (Å²) < 4.78 is 0. The van der Waals surface area contributed by atoms with Crippen LogP contribution in [0.15, 0.2) is 12.2 Å². The largest absolute Gasteiger partial charge is 0.478 e. The van der Waals surface area contributed by atoms with E-state index < -0.39 is 5.97 Å². The predicted molar refractivity (Wildman–Crippen MR) is 57.6 cm³/mol. The lowest BCUT2D eigenvalue weighted by Gasteiger charge is -2.15. The Morgan fingerprint density at radius 2 is 2.00 bits per heavy atom. The number of carboxylic acid groups (broad SMARTS) is 1. The van der Waals surface area contributed by atoms with Gasteiger partial charge in [-0.1, -0.05) is 0 Å². The third kappa shape index (κ3) is 8.96. The molecule has 5 heteroatoms. The molecule has 0 fully saturated rings. The van der Waals surface area contributed by atoms with E-state index >= 15 is 0 Å². The quantitative estimate of drug-likeness (QED) is 0.614. The fourth-order valence-corrected chi connectivity index (χ4v) is 0.962. The smallest absolute Gasteiger partial charge is 0.328 e. The first-order valence-electron chi connectivity index (χ1n) is 4.78. The second kappa shape index (κ2) is 7.00. The van der Waals surface area contributed by atoms with Crippen LogP contribution in [-0.2, 0) is 9.59 Å². The van der Waals surface area contributed by atoms with Crippen molar-refractivity contribution in [3.63, 3.8) is 0 Å². The molecule has 0 radical (unpaired) electrons. The summed E-state index contributed by atoms with van der Waals surface area (Å²) in [6.07, 6.45) is 2.68. The minimum Gasteiger partial charge on any atom is -0.478 e. The van der Waals surface area contributed by atoms with Crippen molar-refractivity contribution in [2.75, 3.05) is 20.6 Å². The normalized spacial score (nSPS) is 13.1. The number of amides is 1. The van der Waals surface area contributed by atoms with Crippen LogP contribution in [0, 0.1) is 0 Å². The predicted octanol–water partition coefficient (Wildman–Crippen LogP) is 0.0836. The summed E-state index contributed by atoms with van der Waals surface area (Å²) in [7, 11) is 3.91. The molecule has 0 spiro atoms. The zero-order chi connectivity index (χ0) is 11.8. The van der Waals surface area contributed by atoms with Gasteiger partial charge in [-0.25, -0.2) is 4.79 Å². The molecule has 2 N–H and O–H groups in total. The molecule has 0 aromatic rings. The van der Waals surface area contributed by atoms with E-state index in [-0.39, 0.29) is 11.9 Å². The van der Waals surface area contributed by atoms with Crippen LogP contribution in [0.1, 0.15) is 13.3 Å². The minimum absolute atomic E-state index is 0.0401. The number of rotatable bonds is 6. The fourth-order valence-electron chi connectivity index (χ4n) is 0.962. The van der Waals surface area contributed by atoms with Gasteiger partial charge in [-0.15, -0.1) is 0 Å². The van der Waals surface area contributed by atoms with Crippen LogP contribution in [0.5, 0.6) is 0 Å². The third-order valence-electron chi connectivity index (χ3n) is 1.78. The topological polar surface area (TPSA) is 69.6 Å². The van der Waals surface area contributed by atoms with Gasteiger partial charge in [0.05, 0.1) is 0 Å². The average Bonchev–Trinajstić information content (AvgIpc) is 2.11. The molecular formula is C10H18N2O3. The molecule has 1 unspecified atom stereocenters. The molecule has 0 saturated carbocycles. The number of hydrogen-bond acceptors (Lipinski definition) is 3. The molecule has 15 heavy (non-hydrogen) atoms. The number of carbonyl (C=O) groups excluding carboxylic acids is 1. The molecule has 0 aromatic carbocycles. The van der Waals surface area contributed by atoms with E-state index in [1.165, 1.54) is 0 Å². The molecule has 0 saturated heterocycles. The molecule has 0 heterocycles. The Morgan fingerprint density at radius 3 is 2.47 bits per heavy atom. The Labute approximate surface area is 89.8 Å². The van der Waals surface area contributed by atoms with Crippen molar-refractivity contribution in [3.05, 3.63) is 12.2 Å². The van der Waals surface area contributed by atoms with Gasteiger partial charge in [0.25, 0.3) is 0 Å². The Balaban J connectivity index is 3.81. The number of nitrogens with one attached hydrogen (secondary N) is 1. The lowest BCUT2D eigenvalue weighted by molar-refractivity contribution is -0.131. The van der Waals surface area contributed by atoms with E-state index in [2.05, 4.69) is 5.32 Å². The molecule has 0 aliphatic heterocycles. The SMILES string of the molecule is CC(CCN(C)C)NC(=O)/C=C/C(=O)O. The summed E-state index contributed by atoms with van der Waals surface area (Å²) in [5, 5.41) is 11.0. The van der Waals surface area contributed by atoms with Crippen molar-refractivity contribution in [1.29, 1.82) is 0 Å². The van der Waals surface area contributed by atoms with E-state index in [0.29, 0.717) is 0 Å². The van der Waals surface area contributed by atoms with Gasteiger partial charge in [-0.2, -0.15) is 0 Å². The molecule has 1 atom stereocenters. The number of carbonyl (C=O) groups is 2. The maximum atomic E-state index is 11.1. The van der Waals surface area contributed by atoms with E-state index in [1.807, 2.05) is 25.9 Å². The van der Waals surface area contributed by atoms with E-state index in [0.717, 1.165) is 25.1 Å². The van der Waals surface area contributed by atoms with Crippen LogP contribution in [0.25, 0.3) is 0 Å². The second-order valence-electron chi connectivity index (χ2n) is 3.67. The van der Waals surface area contributed by atoms with Gasteiger partial charge in [0.15, 0.2) is 0 Å². The summed E-state index contributed by atoms with van der Waals surface area (Å²) in [4.78, 5) is 23.3. The highest BCUT2D eigenvalue weighted by Crippen LogP contribution is 1.92. The molecule has 86 valence electrons. The molecule has 0 aliphatic rings. The van der Waals surface area contributed by atoms with E-state index in [4.69, 9.17) is 5.11 Å². The summed E-state index contributed by atoms with van der Waals surface area (Å²) in [6, 6.07) is 0.0401. The Morgan fingerprint density at radius 1 is 1.40 bits per heavy atom. The second-order valence-corrected chi connectivity index (χ2v) is 3.67. The summed E-state index contributed by atoms with van der Waals surface area (Å²) in [6.45, 7) is 2.76. The maximum absolute atomic E-state index is 11.1. The van der Waals surface area contributed by atoms with Gasteiger partial charge in [0.1, 0.15) is 0 Å². The number of hydrogen-bond donors (Lipinski definition) is 2. The molecule has 0 bridgehead atoms. The zero-order valence-corrected chi connectivity index (χ0v) is 9.36. The van der Waals surface area contributed by atoms with Crippen LogP contribution in [0.4, 0.5) is 0 Å². The van der Waals surface area contributed by atoms with Crippen molar-refractivity contribution in [2.24, 2.45) is 0 Å². The fraction of sp³-hybridized carbons (Fsp3) is 0.600. The number of aliphatic carboxylic acids is 1. The highest BCUT2D eigenvalue weighted by Gasteiger charge is 2.05. The first-order chi connectivity index (χ1) is 6.91. The Bertz CT molecular complexity index is 249. The third-order valence-corrected chi connectivity index (χ3v) is 1.78.